The van der Waals surface area contributed by atoms with Crippen LogP contribution in [0.15, 0.2) is 103 Å². The van der Waals surface area contributed by atoms with Gasteiger partial charge in [-0.2, -0.15) is 0 Å². The van der Waals surface area contributed by atoms with Crippen LogP contribution in [0.5, 0.6) is 0 Å². The van der Waals surface area contributed by atoms with Gasteiger partial charge in [0.2, 0.25) is 0 Å². The van der Waals surface area contributed by atoms with Crippen LogP contribution < -0.4 is 0 Å². The van der Waals surface area contributed by atoms with E-state index in [0.717, 1.165) is 71.7 Å². The van der Waals surface area contributed by atoms with E-state index in [-0.39, 0.29) is 5.82 Å². The van der Waals surface area contributed by atoms with E-state index in [4.69, 9.17) is 21.6 Å². The van der Waals surface area contributed by atoms with Gasteiger partial charge in [0.25, 0.3) is 0 Å². The standard InChI is InChI=1S/C35H22ClFN4/c1-19-13-14-23-27(18-39-35(23)33(19)37)32-16-25(21-8-3-5-12-30(21)41-32)24-15-31(40-29-11-4-2-7-20(24)29)26-17-38-34-22(26)9-6-10-28(34)36/h2-18,38-39H,1H3. The van der Waals surface area contributed by atoms with E-state index in [2.05, 4.69) is 40.3 Å². The Kier molecular flexibility index (Phi) is 5.24. The maximum absolute atomic E-state index is 14.9. The summed E-state index contributed by atoms with van der Waals surface area (Å²) in [6.07, 6.45) is 3.82. The summed E-state index contributed by atoms with van der Waals surface area (Å²) in [7, 11) is 0. The zero-order chi connectivity index (χ0) is 27.7. The van der Waals surface area contributed by atoms with Gasteiger partial charge in [-0.05, 0) is 53.9 Å². The minimum absolute atomic E-state index is 0.238. The Morgan fingerprint density at radius 3 is 1.76 bits per heavy atom. The number of benzene rings is 4. The van der Waals surface area contributed by atoms with Crippen LogP contribution in [0.25, 0.3) is 77.3 Å². The number of pyridine rings is 2. The number of nitrogens with zero attached hydrogens (tertiary/aromatic N) is 2. The van der Waals surface area contributed by atoms with Crippen LogP contribution in [0.1, 0.15) is 5.56 Å². The number of H-pyrrole nitrogens is 2. The van der Waals surface area contributed by atoms with Crippen molar-refractivity contribution < 1.29 is 4.39 Å². The minimum atomic E-state index is -0.238. The third-order valence-electron chi connectivity index (χ3n) is 7.93. The van der Waals surface area contributed by atoms with Gasteiger partial charge in [-0.25, -0.2) is 14.4 Å². The number of hydrogen-bond donors (Lipinski definition) is 2. The molecule has 0 fully saturated rings. The highest BCUT2D eigenvalue weighted by atomic mass is 35.5. The largest absolute Gasteiger partial charge is 0.359 e. The number of aryl methyl sites for hydroxylation is 1. The lowest BCUT2D eigenvalue weighted by molar-refractivity contribution is 0.628. The highest BCUT2D eigenvalue weighted by molar-refractivity contribution is 6.35. The molecule has 196 valence electrons. The van der Waals surface area contributed by atoms with Gasteiger partial charge in [0.05, 0.1) is 38.5 Å². The lowest BCUT2D eigenvalue weighted by Crippen LogP contribution is -1.93. The Bertz CT molecular complexity index is 2310. The Morgan fingerprint density at radius 2 is 1.12 bits per heavy atom. The fourth-order valence-electron chi connectivity index (χ4n) is 5.88. The third kappa shape index (κ3) is 3.66. The summed E-state index contributed by atoms with van der Waals surface area (Å²) in [6, 6.07) is 30.3. The van der Waals surface area contributed by atoms with Crippen molar-refractivity contribution in [3.05, 3.63) is 120 Å². The number of para-hydroxylation sites is 3. The zero-order valence-corrected chi connectivity index (χ0v) is 22.7. The predicted octanol–water partition coefficient (Wildman–Crippen LogP) is 9.85. The van der Waals surface area contributed by atoms with Crippen LogP contribution in [0.3, 0.4) is 0 Å². The number of fused-ring (bicyclic) bond motifs is 4. The molecule has 41 heavy (non-hydrogen) atoms. The van der Waals surface area contributed by atoms with Crippen molar-refractivity contribution in [2.24, 2.45) is 0 Å². The first kappa shape index (κ1) is 23.9. The Balaban J connectivity index is 1.43. The molecule has 0 aliphatic rings. The Hall–Kier alpha value is -5.00. The average molecular weight is 553 g/mol. The van der Waals surface area contributed by atoms with E-state index in [1.165, 1.54) is 0 Å². The lowest BCUT2D eigenvalue weighted by atomic mass is 9.94. The van der Waals surface area contributed by atoms with Crippen molar-refractivity contribution in [1.29, 1.82) is 0 Å². The number of rotatable bonds is 3. The minimum Gasteiger partial charge on any atom is -0.359 e. The molecule has 2 N–H and O–H groups in total. The van der Waals surface area contributed by atoms with Crippen LogP contribution in [0, 0.1) is 12.7 Å². The zero-order valence-electron chi connectivity index (χ0n) is 22.0. The summed E-state index contributed by atoms with van der Waals surface area (Å²) >= 11 is 6.49. The number of hydrogen-bond acceptors (Lipinski definition) is 2. The van der Waals surface area contributed by atoms with Crippen molar-refractivity contribution in [3.8, 4) is 33.6 Å². The fourth-order valence-corrected chi connectivity index (χ4v) is 6.11. The Morgan fingerprint density at radius 1 is 0.585 bits per heavy atom. The molecule has 4 aromatic carbocycles. The number of nitrogens with one attached hydrogen (secondary N) is 2. The molecule has 0 aliphatic carbocycles. The summed E-state index contributed by atoms with van der Waals surface area (Å²) in [5.41, 5.74) is 9.28. The number of aromatic amines is 2. The normalized spacial score (nSPS) is 11.8. The molecular formula is C35H22ClFN4. The molecule has 8 aromatic rings. The number of halogens is 2. The first-order valence-electron chi connectivity index (χ1n) is 13.4. The van der Waals surface area contributed by atoms with Crippen molar-refractivity contribution in [1.82, 2.24) is 19.9 Å². The quantitative estimate of drug-likeness (QED) is 0.229. The van der Waals surface area contributed by atoms with Gasteiger partial charge in [0.1, 0.15) is 5.82 Å². The van der Waals surface area contributed by atoms with E-state index in [1.54, 1.807) is 6.92 Å². The van der Waals surface area contributed by atoms with Gasteiger partial charge >= 0.3 is 0 Å². The first-order valence-corrected chi connectivity index (χ1v) is 13.8. The molecule has 6 heteroatoms. The maximum atomic E-state index is 14.9. The first-order chi connectivity index (χ1) is 20.1. The third-order valence-corrected chi connectivity index (χ3v) is 8.24. The van der Waals surface area contributed by atoms with Crippen LogP contribution >= 0.6 is 11.6 Å². The highest BCUT2D eigenvalue weighted by Gasteiger charge is 2.18. The van der Waals surface area contributed by atoms with Gasteiger partial charge < -0.3 is 9.97 Å². The lowest BCUT2D eigenvalue weighted by Gasteiger charge is -2.14. The van der Waals surface area contributed by atoms with E-state index in [0.29, 0.717) is 16.1 Å². The van der Waals surface area contributed by atoms with Crippen molar-refractivity contribution in [3.63, 3.8) is 0 Å². The molecule has 0 unspecified atom stereocenters. The molecule has 0 saturated heterocycles. The van der Waals surface area contributed by atoms with Gasteiger partial charge in [0.15, 0.2) is 0 Å². The van der Waals surface area contributed by atoms with Gasteiger partial charge in [-0.1, -0.05) is 72.3 Å². The molecular weight excluding hydrogens is 531 g/mol. The second-order valence-electron chi connectivity index (χ2n) is 10.3. The van der Waals surface area contributed by atoms with Crippen LogP contribution in [0.4, 0.5) is 4.39 Å². The molecule has 0 atom stereocenters. The summed E-state index contributed by atoms with van der Waals surface area (Å²) in [4.78, 5) is 16.6. The highest BCUT2D eigenvalue weighted by Crippen LogP contribution is 2.40. The molecule has 8 rings (SSSR count). The topological polar surface area (TPSA) is 57.4 Å². The monoisotopic (exact) mass is 552 g/mol. The second-order valence-corrected chi connectivity index (χ2v) is 10.7. The van der Waals surface area contributed by atoms with E-state index in [1.807, 2.05) is 73.1 Å². The molecule has 4 heterocycles. The summed E-state index contributed by atoms with van der Waals surface area (Å²) in [6.45, 7) is 1.77. The predicted molar refractivity (Wildman–Crippen MR) is 167 cm³/mol. The second kappa shape index (κ2) is 9.01. The van der Waals surface area contributed by atoms with Gasteiger partial charge in [0, 0.05) is 45.1 Å². The Labute approximate surface area is 239 Å². The van der Waals surface area contributed by atoms with Gasteiger partial charge in [-0.3, -0.25) is 0 Å². The maximum Gasteiger partial charge on any atom is 0.150 e. The fraction of sp³-hybridized carbons (Fsp3) is 0.0286. The molecule has 0 aliphatic heterocycles. The van der Waals surface area contributed by atoms with Crippen molar-refractivity contribution in [2.75, 3.05) is 0 Å². The smallest absolute Gasteiger partial charge is 0.150 e. The van der Waals surface area contributed by atoms with Crippen molar-refractivity contribution >= 4 is 55.2 Å². The van der Waals surface area contributed by atoms with E-state index in [9.17, 15) is 4.39 Å². The molecule has 0 spiro atoms. The van der Waals surface area contributed by atoms with Crippen LogP contribution in [0.2, 0.25) is 5.02 Å². The molecule has 4 aromatic heterocycles. The molecule has 4 nitrogen and oxygen atoms in total. The summed E-state index contributed by atoms with van der Waals surface area (Å²) in [5.74, 6) is -0.238. The summed E-state index contributed by atoms with van der Waals surface area (Å²) in [5, 5.41) is 4.56. The molecule has 0 amide bonds. The summed E-state index contributed by atoms with van der Waals surface area (Å²) < 4.78 is 14.9. The SMILES string of the molecule is Cc1ccc2c(-c3cc(-c4cc(-c5c[nH]c6c(Cl)cccc56)nc5ccccc45)c4ccccc4n3)c[nH]c2c1F. The van der Waals surface area contributed by atoms with E-state index < -0.39 is 0 Å². The average Bonchev–Trinajstić information content (AvgIpc) is 3.64. The molecule has 0 radical (unpaired) electrons. The van der Waals surface area contributed by atoms with E-state index >= 15 is 0 Å². The molecule has 0 saturated carbocycles. The van der Waals surface area contributed by atoms with Gasteiger partial charge in [-0.15, -0.1) is 0 Å². The van der Waals surface area contributed by atoms with Crippen molar-refractivity contribution in [2.45, 2.75) is 6.92 Å². The molecule has 0 bridgehead atoms. The van der Waals surface area contributed by atoms with Crippen LogP contribution in [-0.2, 0) is 0 Å². The van der Waals surface area contributed by atoms with Crippen LogP contribution in [-0.4, -0.2) is 19.9 Å². The number of aromatic nitrogens is 4.